The molecule has 27 heavy (non-hydrogen) atoms. The van der Waals surface area contributed by atoms with Gasteiger partial charge in [-0.1, -0.05) is 12.1 Å². The van der Waals surface area contributed by atoms with Crippen LogP contribution in [0, 0.1) is 22.0 Å². The van der Waals surface area contributed by atoms with Crippen molar-refractivity contribution in [1.29, 1.82) is 0 Å². The number of nitro benzene ring substituents is 1. The van der Waals surface area contributed by atoms with Crippen LogP contribution in [0.4, 0.5) is 11.4 Å². The summed E-state index contributed by atoms with van der Waals surface area (Å²) in [5, 5.41) is 10.9. The van der Waals surface area contributed by atoms with Gasteiger partial charge in [0.25, 0.3) is 5.69 Å². The minimum Gasteiger partial charge on any atom is -0.497 e. The lowest BCUT2D eigenvalue weighted by Crippen LogP contribution is -2.31. The maximum Gasteiger partial charge on any atom is 0.274 e. The van der Waals surface area contributed by atoms with Crippen LogP contribution in [0.15, 0.2) is 42.5 Å². The molecular formula is C19H14N2O5S. The monoisotopic (exact) mass is 382 g/mol. The molecule has 3 aliphatic heterocycles. The third-order valence-electron chi connectivity index (χ3n) is 5.58. The number of hydrogen-bond donors (Lipinski definition) is 0. The van der Waals surface area contributed by atoms with Crippen molar-refractivity contribution in [2.24, 2.45) is 11.8 Å². The topological polar surface area (TPSA) is 89.8 Å². The molecule has 3 heterocycles. The van der Waals surface area contributed by atoms with Gasteiger partial charge in [-0.3, -0.25) is 19.7 Å². The number of carbonyl (C=O) groups excluding carboxylic acids is 2. The first-order valence-corrected chi connectivity index (χ1v) is 9.41. The van der Waals surface area contributed by atoms with Crippen LogP contribution < -0.4 is 9.64 Å². The molecule has 0 saturated carbocycles. The second kappa shape index (κ2) is 5.56. The van der Waals surface area contributed by atoms with E-state index in [9.17, 15) is 19.7 Å². The first kappa shape index (κ1) is 16.3. The molecule has 2 aromatic rings. The molecule has 2 aromatic carbocycles. The van der Waals surface area contributed by atoms with Crippen LogP contribution in [0.2, 0.25) is 0 Å². The van der Waals surface area contributed by atoms with Crippen LogP contribution in [0.25, 0.3) is 0 Å². The summed E-state index contributed by atoms with van der Waals surface area (Å²) < 4.78 is 5.13. The minimum absolute atomic E-state index is 0.0362. The Morgan fingerprint density at radius 3 is 2.33 bits per heavy atom. The van der Waals surface area contributed by atoms with Crippen LogP contribution in [-0.2, 0) is 9.59 Å². The smallest absolute Gasteiger partial charge is 0.274 e. The number of rotatable bonds is 3. The van der Waals surface area contributed by atoms with E-state index in [4.69, 9.17) is 4.74 Å². The number of methoxy groups -OCH3 is 1. The van der Waals surface area contributed by atoms with Gasteiger partial charge in [-0.05, 0) is 29.8 Å². The zero-order valence-corrected chi connectivity index (χ0v) is 15.0. The molecule has 3 aliphatic rings. The summed E-state index contributed by atoms with van der Waals surface area (Å²) in [5.41, 5.74) is 1.96. The average molecular weight is 382 g/mol. The summed E-state index contributed by atoms with van der Waals surface area (Å²) in [6.45, 7) is 0. The maximum atomic E-state index is 13.1. The zero-order chi connectivity index (χ0) is 18.9. The van der Waals surface area contributed by atoms with Gasteiger partial charge in [0.15, 0.2) is 0 Å². The highest BCUT2D eigenvalue weighted by Gasteiger charge is 2.65. The largest absolute Gasteiger partial charge is 0.497 e. The Kier molecular flexibility index (Phi) is 3.36. The number of hydrogen-bond acceptors (Lipinski definition) is 6. The summed E-state index contributed by atoms with van der Waals surface area (Å²) in [6.07, 6.45) is 0. The van der Waals surface area contributed by atoms with Crippen molar-refractivity contribution in [1.82, 2.24) is 0 Å². The number of benzene rings is 2. The fourth-order valence-electron chi connectivity index (χ4n) is 4.46. The van der Waals surface area contributed by atoms with Gasteiger partial charge in [0.1, 0.15) is 5.75 Å². The van der Waals surface area contributed by atoms with E-state index in [0.29, 0.717) is 17.0 Å². The first-order chi connectivity index (χ1) is 13.0. The number of imide groups is 1. The van der Waals surface area contributed by atoms with E-state index in [1.54, 1.807) is 37.4 Å². The summed E-state index contributed by atoms with van der Waals surface area (Å²) >= 11 is 1.50. The van der Waals surface area contributed by atoms with Gasteiger partial charge in [0.2, 0.25) is 11.8 Å². The van der Waals surface area contributed by atoms with Crippen molar-refractivity contribution in [2.45, 2.75) is 10.5 Å². The van der Waals surface area contributed by atoms with E-state index in [0.717, 1.165) is 5.56 Å². The maximum absolute atomic E-state index is 13.1. The van der Waals surface area contributed by atoms with Crippen molar-refractivity contribution in [2.75, 3.05) is 12.0 Å². The molecule has 7 nitrogen and oxygen atoms in total. The molecule has 5 rings (SSSR count). The van der Waals surface area contributed by atoms with Gasteiger partial charge in [0.05, 0.1) is 29.6 Å². The average Bonchev–Trinajstić information content (AvgIpc) is 3.32. The van der Waals surface area contributed by atoms with Crippen molar-refractivity contribution in [3.8, 4) is 5.75 Å². The Hall–Kier alpha value is -2.87. The Labute approximate surface area is 158 Å². The predicted octanol–water partition coefficient (Wildman–Crippen LogP) is 3.25. The second-order valence-corrected chi connectivity index (χ2v) is 8.06. The van der Waals surface area contributed by atoms with Gasteiger partial charge in [0, 0.05) is 22.1 Å². The number of fused-ring (bicyclic) bond motifs is 8. The molecule has 2 amide bonds. The van der Waals surface area contributed by atoms with Crippen molar-refractivity contribution in [3.63, 3.8) is 0 Å². The molecule has 0 aromatic heterocycles. The molecule has 2 fully saturated rings. The van der Waals surface area contributed by atoms with Crippen LogP contribution in [0.1, 0.15) is 21.6 Å². The van der Waals surface area contributed by atoms with Crippen LogP contribution >= 0.6 is 11.8 Å². The molecule has 0 N–H and O–H groups in total. The molecule has 8 heteroatoms. The number of thioether (sulfide) groups is 1. The van der Waals surface area contributed by atoms with Crippen molar-refractivity contribution < 1.29 is 19.2 Å². The molecule has 0 unspecified atom stereocenters. The molecule has 4 atom stereocenters. The highest BCUT2D eigenvalue weighted by atomic mass is 32.2. The Morgan fingerprint density at radius 1 is 1.04 bits per heavy atom. The van der Waals surface area contributed by atoms with Gasteiger partial charge >= 0.3 is 0 Å². The van der Waals surface area contributed by atoms with Gasteiger partial charge in [-0.25, -0.2) is 4.90 Å². The molecule has 0 spiro atoms. The fraction of sp³-hybridized carbons (Fsp3) is 0.263. The number of carbonyl (C=O) groups is 2. The quantitative estimate of drug-likeness (QED) is 0.460. The van der Waals surface area contributed by atoms with E-state index in [2.05, 4.69) is 0 Å². The lowest BCUT2D eigenvalue weighted by atomic mass is 9.77. The number of ether oxygens (including phenoxy) is 1. The normalized spacial score (nSPS) is 27.7. The van der Waals surface area contributed by atoms with Crippen LogP contribution in [0.5, 0.6) is 5.75 Å². The Balaban J connectivity index is 1.57. The van der Waals surface area contributed by atoms with Crippen molar-refractivity contribution in [3.05, 3.63) is 63.7 Å². The minimum atomic E-state index is -0.553. The summed E-state index contributed by atoms with van der Waals surface area (Å²) in [6, 6.07) is 11.7. The molecule has 136 valence electrons. The third-order valence-corrected chi connectivity index (χ3v) is 7.24. The van der Waals surface area contributed by atoms with Crippen LogP contribution in [-0.4, -0.2) is 23.8 Å². The number of anilines is 1. The standard InChI is InChI=1S/C19H14N2O5S/c1-26-10-7-5-9(6-8-10)20-18(22)14-15(19(20)23)17-13-11(16(14)27-17)3-2-4-12(13)21(24)25/h2-8,14-17H,1H3/t14-,15+,16-,17+/m0/s1. The molecule has 0 radical (unpaired) electrons. The highest BCUT2D eigenvalue weighted by molar-refractivity contribution is 8.00. The van der Waals surface area contributed by atoms with Gasteiger partial charge < -0.3 is 4.74 Å². The number of nitro groups is 1. The van der Waals surface area contributed by atoms with E-state index < -0.39 is 16.8 Å². The summed E-state index contributed by atoms with van der Waals surface area (Å²) in [7, 11) is 1.55. The van der Waals surface area contributed by atoms with E-state index in [1.165, 1.54) is 22.7 Å². The summed E-state index contributed by atoms with van der Waals surface area (Å²) in [4.78, 5) is 38.5. The Morgan fingerprint density at radius 2 is 1.70 bits per heavy atom. The van der Waals surface area contributed by atoms with Gasteiger partial charge in [-0.15, -0.1) is 11.8 Å². The van der Waals surface area contributed by atoms with Crippen LogP contribution in [0.3, 0.4) is 0 Å². The number of nitrogens with zero attached hydrogens (tertiary/aromatic N) is 2. The first-order valence-electron chi connectivity index (χ1n) is 8.47. The highest BCUT2D eigenvalue weighted by Crippen LogP contribution is 2.70. The second-order valence-electron chi connectivity index (χ2n) is 6.78. The molecule has 0 aliphatic carbocycles. The molecule has 2 bridgehead atoms. The molecule has 2 saturated heterocycles. The van der Waals surface area contributed by atoms with E-state index in [-0.39, 0.29) is 28.0 Å². The fourth-order valence-corrected chi connectivity index (χ4v) is 6.44. The Bertz CT molecular complexity index is 1010. The summed E-state index contributed by atoms with van der Waals surface area (Å²) in [5.74, 6) is -0.893. The SMILES string of the molecule is COc1ccc(N2C(=O)[C@@H]3[C@H](C2=O)[C@H]2S[C@@H]3c3c2cccc3[N+](=O)[O-])cc1. The lowest BCUT2D eigenvalue weighted by Gasteiger charge is -2.21. The predicted molar refractivity (Wildman–Crippen MR) is 98.6 cm³/mol. The van der Waals surface area contributed by atoms with E-state index >= 15 is 0 Å². The molecular weight excluding hydrogens is 368 g/mol. The zero-order valence-electron chi connectivity index (χ0n) is 14.2. The lowest BCUT2D eigenvalue weighted by molar-refractivity contribution is -0.385. The van der Waals surface area contributed by atoms with E-state index in [1.807, 2.05) is 6.07 Å². The third kappa shape index (κ3) is 2.04. The van der Waals surface area contributed by atoms with Gasteiger partial charge in [-0.2, -0.15) is 0 Å². The number of amides is 2. The van der Waals surface area contributed by atoms with Crippen molar-refractivity contribution >= 4 is 35.0 Å².